The summed E-state index contributed by atoms with van der Waals surface area (Å²) in [6.45, 7) is 6.39. The van der Waals surface area contributed by atoms with Crippen LogP contribution in [0.1, 0.15) is 17.5 Å². The second-order valence-corrected chi connectivity index (χ2v) is 7.53. The number of hydrogen-bond donors (Lipinski definition) is 2. The third-order valence-corrected chi connectivity index (χ3v) is 5.59. The number of benzene rings is 2. The fourth-order valence-electron chi connectivity index (χ4n) is 3.84. The summed E-state index contributed by atoms with van der Waals surface area (Å²) in [5.41, 5.74) is 3.34. The molecule has 2 aliphatic rings. The van der Waals surface area contributed by atoms with Crippen LogP contribution in [0.2, 0.25) is 0 Å². The summed E-state index contributed by atoms with van der Waals surface area (Å²) in [4.78, 5) is 28.3. The molecule has 2 aromatic rings. The molecule has 0 aliphatic carbocycles. The van der Waals surface area contributed by atoms with E-state index in [1.807, 2.05) is 17.0 Å². The van der Waals surface area contributed by atoms with E-state index < -0.39 is 6.10 Å². The quantitative estimate of drug-likeness (QED) is 0.832. The zero-order chi connectivity index (χ0) is 19.5. The summed E-state index contributed by atoms with van der Waals surface area (Å²) in [5, 5.41) is 2.82. The van der Waals surface area contributed by atoms with Crippen LogP contribution in [0.25, 0.3) is 0 Å². The van der Waals surface area contributed by atoms with E-state index in [4.69, 9.17) is 4.74 Å². The van der Waals surface area contributed by atoms with Gasteiger partial charge in [0.1, 0.15) is 12.3 Å². The Balaban J connectivity index is 1.30. The van der Waals surface area contributed by atoms with Gasteiger partial charge in [-0.05, 0) is 24.6 Å². The third kappa shape index (κ3) is 4.02. The Hall–Kier alpha value is -2.86. The van der Waals surface area contributed by atoms with E-state index in [0.29, 0.717) is 24.5 Å². The molecule has 1 saturated heterocycles. The number of para-hydroxylation sites is 2. The molecule has 6 heteroatoms. The lowest BCUT2D eigenvalue weighted by molar-refractivity contribution is -0.917. The van der Waals surface area contributed by atoms with Crippen molar-refractivity contribution in [3.05, 3.63) is 59.7 Å². The number of rotatable bonds is 4. The smallest absolute Gasteiger partial charge is 0.266 e. The fraction of sp³-hybridized carbons (Fsp3) is 0.364. The van der Waals surface area contributed by atoms with E-state index in [9.17, 15) is 9.59 Å². The lowest BCUT2D eigenvalue weighted by Gasteiger charge is -2.33. The summed E-state index contributed by atoms with van der Waals surface area (Å²) >= 11 is 0. The highest BCUT2D eigenvalue weighted by molar-refractivity contribution is 5.99. The molecule has 2 aromatic carbocycles. The standard InChI is InChI=1S/C22H25N3O3/c1-16-6-2-3-7-17(16)15-24-10-12-25(13-11-24)21(26)14-20-22(27)23-18-8-4-5-9-19(18)28-20/h2-9,20H,10-15H2,1H3,(H,23,27)/p+1/t20-/m1/s1. The number of anilines is 1. The molecular formula is C22H26N3O3+. The fourth-order valence-corrected chi connectivity index (χ4v) is 3.84. The van der Waals surface area contributed by atoms with E-state index in [0.717, 1.165) is 19.6 Å². The first-order valence-corrected chi connectivity index (χ1v) is 9.82. The number of aryl methyl sites for hydroxylation is 1. The lowest BCUT2D eigenvalue weighted by Crippen LogP contribution is -3.13. The maximum atomic E-state index is 12.7. The molecule has 2 N–H and O–H groups in total. The third-order valence-electron chi connectivity index (χ3n) is 5.59. The summed E-state index contributed by atoms with van der Waals surface area (Å²) in [6, 6.07) is 15.8. The molecule has 2 aliphatic heterocycles. The average Bonchev–Trinajstić information content (AvgIpc) is 2.71. The van der Waals surface area contributed by atoms with Gasteiger partial charge in [0.05, 0.1) is 38.3 Å². The van der Waals surface area contributed by atoms with Crippen LogP contribution in [0.5, 0.6) is 5.75 Å². The summed E-state index contributed by atoms with van der Waals surface area (Å²) < 4.78 is 5.75. The second kappa shape index (κ2) is 8.02. The van der Waals surface area contributed by atoms with Gasteiger partial charge in [0.25, 0.3) is 5.91 Å². The SMILES string of the molecule is Cc1ccccc1C[NH+]1CCN(C(=O)C[C@H]2Oc3ccccc3NC2=O)CC1. The zero-order valence-corrected chi connectivity index (χ0v) is 16.1. The molecule has 2 heterocycles. The Morgan fingerprint density at radius 2 is 1.86 bits per heavy atom. The van der Waals surface area contributed by atoms with Gasteiger partial charge in [0.15, 0.2) is 6.10 Å². The number of fused-ring (bicyclic) bond motifs is 1. The first-order chi connectivity index (χ1) is 13.6. The van der Waals surface area contributed by atoms with Crippen molar-refractivity contribution in [2.75, 3.05) is 31.5 Å². The number of amides is 2. The molecule has 2 amide bonds. The van der Waals surface area contributed by atoms with E-state index in [1.54, 1.807) is 12.1 Å². The van der Waals surface area contributed by atoms with Crippen LogP contribution in [0, 0.1) is 6.92 Å². The summed E-state index contributed by atoms with van der Waals surface area (Å²) in [5.74, 6) is 0.345. The molecule has 1 atom stereocenters. The predicted octanol–water partition coefficient (Wildman–Crippen LogP) is 1.01. The molecule has 0 saturated carbocycles. The number of carbonyl (C=O) groups excluding carboxylic acids is 2. The van der Waals surface area contributed by atoms with E-state index in [2.05, 4.69) is 36.5 Å². The lowest BCUT2D eigenvalue weighted by atomic mass is 10.1. The molecule has 0 radical (unpaired) electrons. The maximum absolute atomic E-state index is 12.7. The van der Waals surface area contributed by atoms with Crippen molar-refractivity contribution >= 4 is 17.5 Å². The van der Waals surface area contributed by atoms with Crippen molar-refractivity contribution < 1.29 is 19.2 Å². The maximum Gasteiger partial charge on any atom is 0.266 e. The van der Waals surface area contributed by atoms with Gasteiger partial charge in [0, 0.05) is 5.56 Å². The van der Waals surface area contributed by atoms with Crippen LogP contribution < -0.4 is 15.0 Å². The van der Waals surface area contributed by atoms with E-state index in [-0.39, 0.29) is 18.2 Å². The van der Waals surface area contributed by atoms with E-state index in [1.165, 1.54) is 16.0 Å². The van der Waals surface area contributed by atoms with E-state index >= 15 is 0 Å². The van der Waals surface area contributed by atoms with Crippen molar-refractivity contribution in [2.24, 2.45) is 0 Å². The van der Waals surface area contributed by atoms with Gasteiger partial charge in [-0.2, -0.15) is 0 Å². The van der Waals surface area contributed by atoms with Crippen molar-refractivity contribution in [1.82, 2.24) is 4.90 Å². The van der Waals surface area contributed by atoms with Crippen molar-refractivity contribution in [3.63, 3.8) is 0 Å². The van der Waals surface area contributed by atoms with Gasteiger partial charge < -0.3 is 19.9 Å². The Morgan fingerprint density at radius 1 is 1.14 bits per heavy atom. The molecule has 0 unspecified atom stereocenters. The Labute approximate surface area is 165 Å². The summed E-state index contributed by atoms with van der Waals surface area (Å²) in [7, 11) is 0. The van der Waals surface area contributed by atoms with Crippen LogP contribution in [0.3, 0.4) is 0 Å². The molecule has 4 rings (SSSR count). The minimum atomic E-state index is -0.764. The highest BCUT2D eigenvalue weighted by Gasteiger charge is 2.32. The minimum Gasteiger partial charge on any atom is -0.478 e. The largest absolute Gasteiger partial charge is 0.478 e. The van der Waals surface area contributed by atoms with Gasteiger partial charge >= 0.3 is 0 Å². The molecule has 6 nitrogen and oxygen atoms in total. The molecule has 0 bridgehead atoms. The van der Waals surface area contributed by atoms with Crippen molar-refractivity contribution in [1.29, 1.82) is 0 Å². The Morgan fingerprint density at radius 3 is 2.64 bits per heavy atom. The summed E-state index contributed by atoms with van der Waals surface area (Å²) in [6.07, 6.45) is -0.687. The number of ether oxygens (including phenoxy) is 1. The molecule has 28 heavy (non-hydrogen) atoms. The van der Waals surface area contributed by atoms with Gasteiger partial charge in [0.2, 0.25) is 5.91 Å². The average molecular weight is 380 g/mol. The normalized spacial score (nSPS) is 19.5. The number of piperazine rings is 1. The Kier molecular flexibility index (Phi) is 5.30. The van der Waals surface area contributed by atoms with Crippen molar-refractivity contribution in [3.8, 4) is 5.75 Å². The van der Waals surface area contributed by atoms with Crippen molar-refractivity contribution in [2.45, 2.75) is 26.0 Å². The number of hydrogen-bond acceptors (Lipinski definition) is 3. The number of nitrogens with one attached hydrogen (secondary N) is 2. The number of nitrogens with zero attached hydrogens (tertiary/aromatic N) is 1. The number of carbonyl (C=O) groups is 2. The van der Waals surface area contributed by atoms with Gasteiger partial charge in [-0.3, -0.25) is 9.59 Å². The van der Waals surface area contributed by atoms with Gasteiger partial charge in [-0.25, -0.2) is 0 Å². The molecule has 0 spiro atoms. The number of quaternary nitrogens is 1. The van der Waals surface area contributed by atoms with Gasteiger partial charge in [-0.15, -0.1) is 0 Å². The first-order valence-electron chi connectivity index (χ1n) is 9.82. The first kappa shape index (κ1) is 18.5. The Bertz CT molecular complexity index is 875. The molecule has 0 aromatic heterocycles. The zero-order valence-electron chi connectivity index (χ0n) is 16.1. The van der Waals surface area contributed by atoms with Crippen LogP contribution in [-0.4, -0.2) is 49.0 Å². The van der Waals surface area contributed by atoms with Crippen LogP contribution in [0.15, 0.2) is 48.5 Å². The van der Waals surface area contributed by atoms with Gasteiger partial charge in [-0.1, -0.05) is 36.4 Å². The molecule has 1 fully saturated rings. The van der Waals surface area contributed by atoms with Crippen LogP contribution in [-0.2, 0) is 16.1 Å². The molecule has 146 valence electrons. The monoisotopic (exact) mass is 380 g/mol. The second-order valence-electron chi connectivity index (χ2n) is 7.53. The topological polar surface area (TPSA) is 63.1 Å². The molecular weight excluding hydrogens is 354 g/mol. The predicted molar refractivity (Wildman–Crippen MR) is 106 cm³/mol. The highest BCUT2D eigenvalue weighted by Crippen LogP contribution is 2.29. The minimum absolute atomic E-state index is 0.0190. The highest BCUT2D eigenvalue weighted by atomic mass is 16.5. The van der Waals surface area contributed by atoms with Crippen LogP contribution in [0.4, 0.5) is 5.69 Å². The van der Waals surface area contributed by atoms with Crippen LogP contribution >= 0.6 is 0 Å².